The summed E-state index contributed by atoms with van der Waals surface area (Å²) in [7, 11) is 1.55. The van der Waals surface area contributed by atoms with Crippen molar-refractivity contribution < 1.29 is 19.4 Å². The first kappa shape index (κ1) is 14.6. The Labute approximate surface area is 119 Å². The van der Waals surface area contributed by atoms with Crippen LogP contribution in [-0.4, -0.2) is 24.1 Å². The van der Waals surface area contributed by atoms with Crippen molar-refractivity contribution in [3.63, 3.8) is 0 Å². The van der Waals surface area contributed by atoms with E-state index >= 15 is 0 Å². The van der Waals surface area contributed by atoms with Crippen LogP contribution in [0.4, 0.5) is 0 Å². The largest absolute Gasteiger partial charge is 0.497 e. The Morgan fingerprint density at radius 1 is 1.40 bits per heavy atom. The molecular formula is C16H20O4. The number of ketones is 1. The molecule has 0 saturated carbocycles. The first-order chi connectivity index (χ1) is 9.52. The zero-order valence-electron chi connectivity index (χ0n) is 12.1. The van der Waals surface area contributed by atoms with Gasteiger partial charge in [0.1, 0.15) is 23.4 Å². The molecule has 1 aliphatic carbocycles. The van der Waals surface area contributed by atoms with Gasteiger partial charge in [0.15, 0.2) is 5.78 Å². The van der Waals surface area contributed by atoms with Gasteiger partial charge < -0.3 is 14.6 Å². The highest BCUT2D eigenvalue weighted by Gasteiger charge is 2.22. The molecule has 1 aromatic rings. The minimum Gasteiger partial charge on any atom is -0.497 e. The van der Waals surface area contributed by atoms with Crippen molar-refractivity contribution in [1.29, 1.82) is 0 Å². The summed E-state index contributed by atoms with van der Waals surface area (Å²) < 4.78 is 10.9. The van der Waals surface area contributed by atoms with Crippen LogP contribution in [0.2, 0.25) is 0 Å². The maximum Gasteiger partial charge on any atom is 0.163 e. The lowest BCUT2D eigenvalue weighted by molar-refractivity contribution is 0.100. The van der Waals surface area contributed by atoms with Crippen LogP contribution in [0.25, 0.3) is 0 Å². The number of aliphatic hydroxyl groups is 1. The molecule has 0 aromatic heterocycles. The van der Waals surface area contributed by atoms with E-state index in [9.17, 15) is 9.90 Å². The SMILES string of the molecule is COc1ccc(OC2=C(C)CCC[C@@H]2O)c(C(C)=O)c1. The van der Waals surface area contributed by atoms with E-state index in [-0.39, 0.29) is 5.78 Å². The molecule has 0 spiro atoms. The van der Waals surface area contributed by atoms with E-state index in [0.29, 0.717) is 29.2 Å². The van der Waals surface area contributed by atoms with E-state index in [2.05, 4.69) is 0 Å². The Balaban J connectivity index is 2.36. The quantitative estimate of drug-likeness (QED) is 0.859. The van der Waals surface area contributed by atoms with Gasteiger partial charge in [-0.05, 0) is 56.9 Å². The van der Waals surface area contributed by atoms with E-state index in [0.717, 1.165) is 18.4 Å². The summed E-state index contributed by atoms with van der Waals surface area (Å²) in [6.45, 7) is 3.44. The van der Waals surface area contributed by atoms with Gasteiger partial charge in [-0.15, -0.1) is 0 Å². The fraction of sp³-hybridized carbons (Fsp3) is 0.438. The van der Waals surface area contributed by atoms with Crippen LogP contribution in [0.1, 0.15) is 43.5 Å². The summed E-state index contributed by atoms with van der Waals surface area (Å²) in [5, 5.41) is 10.0. The number of methoxy groups -OCH3 is 1. The molecule has 1 aromatic carbocycles. The maximum absolute atomic E-state index is 11.7. The zero-order valence-corrected chi connectivity index (χ0v) is 12.1. The van der Waals surface area contributed by atoms with Gasteiger partial charge in [0.2, 0.25) is 0 Å². The van der Waals surface area contributed by atoms with Gasteiger partial charge in [0.25, 0.3) is 0 Å². The summed E-state index contributed by atoms with van der Waals surface area (Å²) in [4.78, 5) is 11.7. The topological polar surface area (TPSA) is 55.8 Å². The third-order valence-corrected chi connectivity index (χ3v) is 3.54. The van der Waals surface area contributed by atoms with Crippen molar-refractivity contribution in [3.05, 3.63) is 35.1 Å². The molecule has 0 unspecified atom stereocenters. The number of rotatable bonds is 4. The summed E-state index contributed by atoms with van der Waals surface area (Å²) in [6, 6.07) is 5.10. The van der Waals surface area contributed by atoms with Crippen LogP contribution in [0.5, 0.6) is 11.5 Å². The predicted molar refractivity (Wildman–Crippen MR) is 76.2 cm³/mol. The second kappa shape index (κ2) is 6.09. The van der Waals surface area contributed by atoms with Crippen LogP contribution >= 0.6 is 0 Å². The standard InChI is InChI=1S/C16H20O4/c1-10-5-4-6-14(18)16(10)20-15-8-7-12(19-3)9-13(15)11(2)17/h7-9,14,18H,4-6H2,1-3H3/t14-/m0/s1. The number of Topliss-reactive ketones (excluding diaryl/α,β-unsaturated/α-hetero) is 1. The van der Waals surface area contributed by atoms with Crippen molar-refractivity contribution in [2.24, 2.45) is 0 Å². The monoisotopic (exact) mass is 276 g/mol. The number of aliphatic hydroxyl groups excluding tert-OH is 1. The van der Waals surface area contributed by atoms with Gasteiger partial charge >= 0.3 is 0 Å². The summed E-state index contributed by atoms with van der Waals surface area (Å²) in [5.74, 6) is 1.55. The van der Waals surface area contributed by atoms with Gasteiger partial charge in [-0.2, -0.15) is 0 Å². The molecule has 1 N–H and O–H groups in total. The number of hydrogen-bond acceptors (Lipinski definition) is 4. The van der Waals surface area contributed by atoms with Crippen LogP contribution in [0.15, 0.2) is 29.5 Å². The minimum atomic E-state index is -0.592. The van der Waals surface area contributed by atoms with Crippen LogP contribution < -0.4 is 9.47 Å². The Morgan fingerprint density at radius 2 is 2.15 bits per heavy atom. The molecule has 1 aliphatic rings. The molecule has 0 amide bonds. The lowest BCUT2D eigenvalue weighted by Crippen LogP contribution is -2.21. The number of hydrogen-bond donors (Lipinski definition) is 1. The number of benzene rings is 1. The minimum absolute atomic E-state index is 0.0950. The van der Waals surface area contributed by atoms with E-state index < -0.39 is 6.10 Å². The fourth-order valence-electron chi connectivity index (χ4n) is 2.37. The predicted octanol–water partition coefficient (Wildman–Crippen LogP) is 3.10. The molecule has 4 heteroatoms. The van der Waals surface area contributed by atoms with E-state index in [1.165, 1.54) is 6.92 Å². The lowest BCUT2D eigenvalue weighted by Gasteiger charge is -2.24. The second-order valence-corrected chi connectivity index (χ2v) is 5.07. The second-order valence-electron chi connectivity index (χ2n) is 5.07. The van der Waals surface area contributed by atoms with Crippen molar-refractivity contribution in [2.75, 3.05) is 7.11 Å². The number of allylic oxidation sites excluding steroid dienone is 1. The van der Waals surface area contributed by atoms with Crippen molar-refractivity contribution in [1.82, 2.24) is 0 Å². The molecule has 0 saturated heterocycles. The van der Waals surface area contributed by atoms with Crippen LogP contribution in [0.3, 0.4) is 0 Å². The van der Waals surface area contributed by atoms with Crippen molar-refractivity contribution in [3.8, 4) is 11.5 Å². The van der Waals surface area contributed by atoms with Crippen LogP contribution in [0, 0.1) is 0 Å². The number of carbonyl (C=O) groups is 1. The normalized spacial score (nSPS) is 18.9. The number of ether oxygens (including phenoxy) is 2. The molecule has 0 bridgehead atoms. The molecular weight excluding hydrogens is 256 g/mol. The Bertz CT molecular complexity index is 545. The third kappa shape index (κ3) is 3.02. The van der Waals surface area contributed by atoms with Crippen molar-refractivity contribution in [2.45, 2.75) is 39.2 Å². The molecule has 20 heavy (non-hydrogen) atoms. The molecule has 0 aliphatic heterocycles. The highest BCUT2D eigenvalue weighted by Crippen LogP contribution is 2.31. The van der Waals surface area contributed by atoms with E-state index in [1.54, 1.807) is 25.3 Å². The Hall–Kier alpha value is -1.81. The Kier molecular flexibility index (Phi) is 4.45. The third-order valence-electron chi connectivity index (χ3n) is 3.54. The molecule has 4 nitrogen and oxygen atoms in total. The fourth-order valence-corrected chi connectivity index (χ4v) is 2.37. The first-order valence-corrected chi connectivity index (χ1v) is 6.77. The number of carbonyl (C=O) groups excluding carboxylic acids is 1. The highest BCUT2D eigenvalue weighted by atomic mass is 16.5. The van der Waals surface area contributed by atoms with Crippen molar-refractivity contribution >= 4 is 5.78 Å². The average Bonchev–Trinajstić information content (AvgIpc) is 2.43. The van der Waals surface area contributed by atoms with Gasteiger partial charge in [-0.3, -0.25) is 4.79 Å². The zero-order chi connectivity index (χ0) is 14.7. The first-order valence-electron chi connectivity index (χ1n) is 6.77. The smallest absolute Gasteiger partial charge is 0.163 e. The summed E-state index contributed by atoms with van der Waals surface area (Å²) >= 11 is 0. The van der Waals surface area contributed by atoms with E-state index in [4.69, 9.17) is 9.47 Å². The summed E-state index contributed by atoms with van der Waals surface area (Å²) in [6.07, 6.45) is 1.98. The summed E-state index contributed by atoms with van der Waals surface area (Å²) in [5.41, 5.74) is 1.50. The van der Waals surface area contributed by atoms with Gasteiger partial charge in [0.05, 0.1) is 12.7 Å². The highest BCUT2D eigenvalue weighted by molar-refractivity contribution is 5.97. The molecule has 0 heterocycles. The lowest BCUT2D eigenvalue weighted by atomic mass is 9.96. The maximum atomic E-state index is 11.7. The van der Waals surface area contributed by atoms with E-state index in [1.807, 2.05) is 6.92 Å². The van der Waals surface area contributed by atoms with Crippen LogP contribution in [-0.2, 0) is 0 Å². The molecule has 0 fully saturated rings. The van der Waals surface area contributed by atoms with Gasteiger partial charge in [-0.1, -0.05) is 0 Å². The Morgan fingerprint density at radius 3 is 2.75 bits per heavy atom. The molecule has 108 valence electrons. The van der Waals surface area contributed by atoms with Gasteiger partial charge in [-0.25, -0.2) is 0 Å². The average molecular weight is 276 g/mol. The molecule has 1 atom stereocenters. The molecule has 0 radical (unpaired) electrons. The van der Waals surface area contributed by atoms with Gasteiger partial charge in [0, 0.05) is 0 Å². The molecule has 2 rings (SSSR count).